The van der Waals surface area contributed by atoms with Gasteiger partial charge in [-0.15, -0.1) is 0 Å². The van der Waals surface area contributed by atoms with Gasteiger partial charge in [0, 0.05) is 6.54 Å². The average molecular weight is 380 g/mol. The van der Waals surface area contributed by atoms with Crippen molar-refractivity contribution < 1.29 is 33.3 Å². The summed E-state index contributed by atoms with van der Waals surface area (Å²) in [7, 11) is 4.26. The zero-order valence-electron chi connectivity index (χ0n) is 15.6. The van der Waals surface area contributed by atoms with E-state index in [2.05, 4.69) is 0 Å². The number of benzene rings is 1. The van der Waals surface area contributed by atoms with Crippen LogP contribution < -0.4 is 19.9 Å². The lowest BCUT2D eigenvalue weighted by atomic mass is 10.0. The lowest BCUT2D eigenvalue weighted by Gasteiger charge is -2.33. The summed E-state index contributed by atoms with van der Waals surface area (Å²) in [5.74, 6) is -1.01. The Morgan fingerprint density at radius 1 is 1.07 bits per heavy atom. The summed E-state index contributed by atoms with van der Waals surface area (Å²) in [5.41, 5.74) is 5.45. The molecule has 1 aromatic carbocycles. The molecule has 1 aliphatic rings. The molecule has 0 unspecified atom stereocenters. The largest absolute Gasteiger partial charge is 0.493 e. The van der Waals surface area contributed by atoms with Crippen LogP contribution in [0.4, 0.5) is 0 Å². The summed E-state index contributed by atoms with van der Waals surface area (Å²) >= 11 is 0. The molecule has 1 aromatic rings. The number of rotatable bonds is 7. The van der Waals surface area contributed by atoms with E-state index in [1.807, 2.05) is 0 Å². The summed E-state index contributed by atoms with van der Waals surface area (Å²) < 4.78 is 20.8. The summed E-state index contributed by atoms with van der Waals surface area (Å²) in [4.78, 5) is 37.7. The molecule has 0 spiro atoms. The van der Waals surface area contributed by atoms with Crippen molar-refractivity contribution in [1.29, 1.82) is 0 Å². The first kappa shape index (κ1) is 20.3. The van der Waals surface area contributed by atoms with Crippen molar-refractivity contribution in [2.75, 3.05) is 34.5 Å². The van der Waals surface area contributed by atoms with Gasteiger partial charge in [0.2, 0.25) is 11.7 Å². The van der Waals surface area contributed by atoms with Crippen molar-refractivity contribution >= 4 is 17.8 Å². The van der Waals surface area contributed by atoms with Crippen molar-refractivity contribution in [3.8, 4) is 17.2 Å². The van der Waals surface area contributed by atoms with Crippen molar-refractivity contribution in [2.45, 2.75) is 25.3 Å². The highest BCUT2D eigenvalue weighted by Gasteiger charge is 2.31. The molecule has 0 aliphatic carbocycles. The predicted molar refractivity (Wildman–Crippen MR) is 94.9 cm³/mol. The molecule has 9 heteroatoms. The van der Waals surface area contributed by atoms with Crippen LogP contribution in [0.1, 0.15) is 29.6 Å². The smallest absolute Gasteiger partial charge is 0.342 e. The van der Waals surface area contributed by atoms with Crippen LogP contribution in [0.15, 0.2) is 12.1 Å². The molecule has 27 heavy (non-hydrogen) atoms. The number of hydrogen-bond donors (Lipinski definition) is 1. The van der Waals surface area contributed by atoms with Gasteiger partial charge in [-0.1, -0.05) is 0 Å². The maximum Gasteiger partial charge on any atom is 0.342 e. The average Bonchev–Trinajstić information content (AvgIpc) is 2.70. The van der Waals surface area contributed by atoms with Gasteiger partial charge in [0.1, 0.15) is 11.6 Å². The van der Waals surface area contributed by atoms with Crippen LogP contribution in [-0.4, -0.2) is 63.2 Å². The summed E-state index contributed by atoms with van der Waals surface area (Å²) in [5, 5.41) is 0. The minimum absolute atomic E-state index is 0.0908. The molecule has 1 saturated heterocycles. The van der Waals surface area contributed by atoms with Crippen molar-refractivity contribution in [1.82, 2.24) is 4.90 Å². The van der Waals surface area contributed by atoms with E-state index in [-0.39, 0.29) is 17.1 Å². The minimum atomic E-state index is -0.756. The molecule has 148 valence electrons. The van der Waals surface area contributed by atoms with E-state index in [0.29, 0.717) is 18.7 Å². The number of nitrogens with two attached hydrogens (primary N) is 1. The fraction of sp³-hybridized carbons (Fsp3) is 0.500. The van der Waals surface area contributed by atoms with Crippen LogP contribution >= 0.6 is 0 Å². The SMILES string of the molecule is COc1ccc(C(=O)OCC(=O)N2CCCC[C@@H]2C(N)=O)c(OC)c1OC. The summed E-state index contributed by atoms with van der Waals surface area (Å²) in [6.07, 6.45) is 2.10. The fourth-order valence-corrected chi connectivity index (χ4v) is 3.08. The Morgan fingerprint density at radius 2 is 1.78 bits per heavy atom. The van der Waals surface area contributed by atoms with Crippen LogP contribution in [0, 0.1) is 0 Å². The number of esters is 1. The molecule has 1 atom stereocenters. The Bertz CT molecular complexity index is 720. The topological polar surface area (TPSA) is 117 Å². The van der Waals surface area contributed by atoms with E-state index in [4.69, 9.17) is 24.7 Å². The number of primary amides is 1. The predicted octanol–water partition coefficient (Wildman–Crippen LogP) is 0.736. The molecule has 2 N–H and O–H groups in total. The molecule has 2 rings (SSSR count). The van der Waals surface area contributed by atoms with E-state index in [9.17, 15) is 14.4 Å². The maximum atomic E-state index is 12.4. The second-order valence-electron chi connectivity index (χ2n) is 5.96. The van der Waals surface area contributed by atoms with Crippen molar-refractivity contribution in [3.05, 3.63) is 17.7 Å². The number of methoxy groups -OCH3 is 3. The van der Waals surface area contributed by atoms with Gasteiger partial charge in [0.15, 0.2) is 18.1 Å². The van der Waals surface area contributed by atoms with Crippen LogP contribution in [0.2, 0.25) is 0 Å². The normalized spacial score (nSPS) is 16.4. The second kappa shape index (κ2) is 9.11. The summed E-state index contributed by atoms with van der Waals surface area (Å²) in [6, 6.07) is 2.33. The second-order valence-corrected chi connectivity index (χ2v) is 5.96. The van der Waals surface area contributed by atoms with Gasteiger partial charge < -0.3 is 29.6 Å². The first-order valence-corrected chi connectivity index (χ1v) is 8.49. The van der Waals surface area contributed by atoms with Gasteiger partial charge in [-0.05, 0) is 31.4 Å². The number of carbonyl (C=O) groups is 3. The molecule has 0 aromatic heterocycles. The Hall–Kier alpha value is -2.97. The van der Waals surface area contributed by atoms with Crippen LogP contribution in [-0.2, 0) is 14.3 Å². The number of hydrogen-bond acceptors (Lipinski definition) is 7. The minimum Gasteiger partial charge on any atom is -0.493 e. The van der Waals surface area contributed by atoms with Gasteiger partial charge in [0.05, 0.1) is 21.3 Å². The molecule has 1 aliphatic heterocycles. The zero-order valence-corrected chi connectivity index (χ0v) is 15.6. The lowest BCUT2D eigenvalue weighted by molar-refractivity contribution is -0.143. The number of amides is 2. The van der Waals surface area contributed by atoms with Crippen molar-refractivity contribution in [3.63, 3.8) is 0 Å². The van der Waals surface area contributed by atoms with E-state index >= 15 is 0 Å². The molecular weight excluding hydrogens is 356 g/mol. The zero-order chi connectivity index (χ0) is 20.0. The monoisotopic (exact) mass is 380 g/mol. The van der Waals surface area contributed by atoms with E-state index in [1.165, 1.54) is 38.4 Å². The van der Waals surface area contributed by atoms with Crippen LogP contribution in [0.3, 0.4) is 0 Å². The Labute approximate surface area is 157 Å². The lowest BCUT2D eigenvalue weighted by Crippen LogP contribution is -2.51. The number of ether oxygens (including phenoxy) is 4. The quantitative estimate of drug-likeness (QED) is 0.693. The van der Waals surface area contributed by atoms with Gasteiger partial charge in [-0.2, -0.15) is 0 Å². The molecule has 0 radical (unpaired) electrons. The highest BCUT2D eigenvalue weighted by Crippen LogP contribution is 2.39. The van der Waals surface area contributed by atoms with Gasteiger partial charge in [0.25, 0.3) is 5.91 Å². The molecule has 1 fully saturated rings. The third-order valence-corrected chi connectivity index (χ3v) is 4.40. The van der Waals surface area contributed by atoms with E-state index in [0.717, 1.165) is 12.8 Å². The highest BCUT2D eigenvalue weighted by atomic mass is 16.5. The Balaban J connectivity index is 2.11. The van der Waals surface area contributed by atoms with Gasteiger partial charge in [-0.3, -0.25) is 9.59 Å². The number of likely N-dealkylation sites (tertiary alicyclic amines) is 1. The Kier molecular flexibility index (Phi) is 6.86. The standard InChI is InChI=1S/C18H24N2O7/c1-24-13-8-7-11(15(25-2)16(13)26-3)18(23)27-10-14(21)20-9-5-4-6-12(20)17(19)22/h7-8,12H,4-6,9-10H2,1-3H3,(H2,19,22)/t12-/m1/s1. The Morgan fingerprint density at radius 3 is 2.37 bits per heavy atom. The molecule has 1 heterocycles. The molecular formula is C18H24N2O7. The van der Waals surface area contributed by atoms with E-state index < -0.39 is 30.4 Å². The number of carbonyl (C=O) groups excluding carboxylic acids is 3. The first-order chi connectivity index (χ1) is 12.9. The molecule has 9 nitrogen and oxygen atoms in total. The molecule has 0 bridgehead atoms. The number of piperidine rings is 1. The first-order valence-electron chi connectivity index (χ1n) is 8.49. The van der Waals surface area contributed by atoms with E-state index in [1.54, 1.807) is 0 Å². The highest BCUT2D eigenvalue weighted by molar-refractivity contribution is 5.96. The molecule has 2 amide bonds. The van der Waals surface area contributed by atoms with Gasteiger partial charge >= 0.3 is 5.97 Å². The third-order valence-electron chi connectivity index (χ3n) is 4.40. The van der Waals surface area contributed by atoms with Crippen LogP contribution in [0.25, 0.3) is 0 Å². The van der Waals surface area contributed by atoms with Gasteiger partial charge in [-0.25, -0.2) is 4.79 Å². The third kappa shape index (κ3) is 4.42. The van der Waals surface area contributed by atoms with Crippen LogP contribution in [0.5, 0.6) is 17.2 Å². The van der Waals surface area contributed by atoms with Crippen molar-refractivity contribution in [2.24, 2.45) is 5.73 Å². The molecule has 0 saturated carbocycles. The fourth-order valence-electron chi connectivity index (χ4n) is 3.08. The maximum absolute atomic E-state index is 12.4. The summed E-state index contributed by atoms with van der Waals surface area (Å²) in [6.45, 7) is -0.0935. The number of nitrogens with zero attached hydrogens (tertiary/aromatic N) is 1.